The fourth-order valence-corrected chi connectivity index (χ4v) is 3.30. The summed E-state index contributed by atoms with van der Waals surface area (Å²) in [6.07, 6.45) is 0.692. The van der Waals surface area contributed by atoms with Crippen LogP contribution in [0, 0.1) is 4.77 Å². The van der Waals surface area contributed by atoms with Gasteiger partial charge in [-0.05, 0) is 52.8 Å². The average Bonchev–Trinajstić information content (AvgIpc) is 2.97. The number of H-pyrrole nitrogens is 1. The molecule has 5 heteroatoms. The Bertz CT molecular complexity index is 1060. The fourth-order valence-electron chi connectivity index (χ4n) is 2.92. The van der Waals surface area contributed by atoms with Crippen LogP contribution in [0.3, 0.4) is 0 Å². The summed E-state index contributed by atoms with van der Waals surface area (Å²) in [7, 11) is 0. The first-order chi connectivity index (χ1) is 11.7. The summed E-state index contributed by atoms with van der Waals surface area (Å²) in [5.74, 6) is 0.874. The van der Waals surface area contributed by atoms with Gasteiger partial charge in [-0.25, -0.2) is 0 Å². The highest BCUT2D eigenvalue weighted by Gasteiger charge is 2.11. The minimum absolute atomic E-state index is 0.576. The first kappa shape index (κ1) is 15.1. The molecule has 0 radical (unpaired) electrons. The molecule has 0 amide bonds. The molecule has 24 heavy (non-hydrogen) atoms. The van der Waals surface area contributed by atoms with E-state index in [1.807, 2.05) is 28.8 Å². The van der Waals surface area contributed by atoms with E-state index in [-0.39, 0.29) is 0 Å². The molecule has 3 aromatic carbocycles. The number of benzene rings is 3. The van der Waals surface area contributed by atoms with Gasteiger partial charge < -0.3 is 0 Å². The Labute approximate surface area is 149 Å². The van der Waals surface area contributed by atoms with Crippen molar-refractivity contribution in [3.05, 3.63) is 87.9 Å². The molecule has 0 spiro atoms. The van der Waals surface area contributed by atoms with Gasteiger partial charge in [-0.3, -0.25) is 9.67 Å². The zero-order valence-corrected chi connectivity index (χ0v) is 14.3. The molecule has 0 atom stereocenters. The van der Waals surface area contributed by atoms with Crippen LogP contribution >= 0.6 is 23.8 Å². The van der Waals surface area contributed by atoms with Crippen molar-refractivity contribution in [1.29, 1.82) is 0 Å². The first-order valence-electron chi connectivity index (χ1n) is 7.61. The largest absolute Gasteiger partial charge is 0.272 e. The van der Waals surface area contributed by atoms with Crippen LogP contribution in [0.1, 0.15) is 11.4 Å². The van der Waals surface area contributed by atoms with Gasteiger partial charge in [0.25, 0.3) is 0 Å². The molecule has 0 saturated heterocycles. The highest BCUT2D eigenvalue weighted by Crippen LogP contribution is 2.22. The molecular formula is C19H14ClN3S. The predicted molar refractivity (Wildman–Crippen MR) is 101 cm³/mol. The van der Waals surface area contributed by atoms with Crippen molar-refractivity contribution in [3.8, 4) is 5.69 Å². The third-order valence-electron chi connectivity index (χ3n) is 4.06. The summed E-state index contributed by atoms with van der Waals surface area (Å²) in [5, 5.41) is 10.5. The van der Waals surface area contributed by atoms with Gasteiger partial charge >= 0.3 is 0 Å². The van der Waals surface area contributed by atoms with Gasteiger partial charge in [0.05, 0.1) is 0 Å². The second kappa shape index (κ2) is 6.23. The number of halogens is 1. The van der Waals surface area contributed by atoms with Gasteiger partial charge in [0.2, 0.25) is 0 Å². The van der Waals surface area contributed by atoms with Gasteiger partial charge in [-0.15, -0.1) is 0 Å². The quantitative estimate of drug-likeness (QED) is 0.506. The summed E-state index contributed by atoms with van der Waals surface area (Å²) >= 11 is 11.4. The number of rotatable bonds is 3. The third-order valence-corrected chi connectivity index (χ3v) is 4.58. The Hall–Kier alpha value is -2.43. The molecule has 1 aromatic heterocycles. The van der Waals surface area contributed by atoms with E-state index < -0.39 is 0 Å². The van der Waals surface area contributed by atoms with Gasteiger partial charge in [-0.2, -0.15) is 5.10 Å². The Kier molecular flexibility index (Phi) is 3.92. The van der Waals surface area contributed by atoms with Crippen molar-refractivity contribution < 1.29 is 0 Å². The van der Waals surface area contributed by atoms with Crippen LogP contribution in [0.25, 0.3) is 16.5 Å². The maximum absolute atomic E-state index is 5.99. The topological polar surface area (TPSA) is 33.6 Å². The summed E-state index contributed by atoms with van der Waals surface area (Å²) in [4.78, 5) is 0. The van der Waals surface area contributed by atoms with E-state index in [1.54, 1.807) is 0 Å². The van der Waals surface area contributed by atoms with E-state index in [4.69, 9.17) is 23.8 Å². The molecular weight excluding hydrogens is 338 g/mol. The molecule has 118 valence electrons. The lowest BCUT2D eigenvalue weighted by molar-refractivity contribution is 0.906. The lowest BCUT2D eigenvalue weighted by Crippen LogP contribution is -2.03. The van der Waals surface area contributed by atoms with Gasteiger partial charge in [0.15, 0.2) is 4.77 Å². The van der Waals surface area contributed by atoms with Crippen molar-refractivity contribution in [2.75, 3.05) is 0 Å². The zero-order valence-electron chi connectivity index (χ0n) is 12.7. The van der Waals surface area contributed by atoms with Crippen LogP contribution in [-0.2, 0) is 6.42 Å². The lowest BCUT2D eigenvalue weighted by Gasteiger charge is -2.09. The molecule has 0 unspecified atom stereocenters. The number of fused-ring (bicyclic) bond motifs is 1. The molecule has 0 fully saturated rings. The van der Waals surface area contributed by atoms with E-state index in [0.29, 0.717) is 16.2 Å². The molecule has 0 aliphatic heterocycles. The summed E-state index contributed by atoms with van der Waals surface area (Å²) in [5.41, 5.74) is 2.17. The van der Waals surface area contributed by atoms with Crippen LogP contribution in [0.5, 0.6) is 0 Å². The molecule has 0 aliphatic rings. The number of aromatic nitrogens is 3. The maximum Gasteiger partial charge on any atom is 0.199 e. The molecule has 4 aromatic rings. The molecule has 3 nitrogen and oxygen atoms in total. The normalized spacial score (nSPS) is 11.0. The van der Waals surface area contributed by atoms with E-state index in [9.17, 15) is 0 Å². The van der Waals surface area contributed by atoms with E-state index in [1.165, 1.54) is 16.3 Å². The molecule has 4 rings (SSSR count). The van der Waals surface area contributed by atoms with E-state index >= 15 is 0 Å². The molecule has 0 saturated carbocycles. The molecule has 0 bridgehead atoms. The minimum Gasteiger partial charge on any atom is -0.272 e. The zero-order chi connectivity index (χ0) is 16.5. The summed E-state index contributed by atoms with van der Waals surface area (Å²) < 4.78 is 2.53. The van der Waals surface area contributed by atoms with Gasteiger partial charge in [-0.1, -0.05) is 54.1 Å². The average molecular weight is 352 g/mol. The van der Waals surface area contributed by atoms with Crippen LogP contribution < -0.4 is 0 Å². The Balaban J connectivity index is 1.81. The molecule has 1 N–H and O–H groups in total. The van der Waals surface area contributed by atoms with Crippen molar-refractivity contribution in [1.82, 2.24) is 14.8 Å². The Morgan fingerprint density at radius 3 is 2.54 bits per heavy atom. The van der Waals surface area contributed by atoms with E-state index in [0.717, 1.165) is 11.5 Å². The first-order valence-corrected chi connectivity index (χ1v) is 8.40. The van der Waals surface area contributed by atoms with Crippen molar-refractivity contribution in [2.24, 2.45) is 0 Å². The lowest BCUT2D eigenvalue weighted by atomic mass is 10.0. The maximum atomic E-state index is 5.99. The van der Waals surface area contributed by atoms with Crippen molar-refractivity contribution >= 4 is 34.6 Å². The number of nitrogens with one attached hydrogen (secondary N) is 1. The molecule has 1 heterocycles. The minimum atomic E-state index is 0.576. The van der Waals surface area contributed by atoms with Crippen molar-refractivity contribution in [2.45, 2.75) is 6.42 Å². The van der Waals surface area contributed by atoms with Crippen molar-refractivity contribution in [3.63, 3.8) is 0 Å². The third kappa shape index (κ3) is 2.75. The highest BCUT2D eigenvalue weighted by molar-refractivity contribution is 7.71. The number of nitrogens with zero attached hydrogens (tertiary/aromatic N) is 2. The number of hydrogen-bond acceptors (Lipinski definition) is 2. The predicted octanol–water partition coefficient (Wildman–Crippen LogP) is 5.33. The second-order valence-corrected chi connectivity index (χ2v) is 6.39. The van der Waals surface area contributed by atoms with Gasteiger partial charge in [0.1, 0.15) is 5.82 Å². The smallest absolute Gasteiger partial charge is 0.199 e. The summed E-state index contributed by atoms with van der Waals surface area (Å²) in [6.45, 7) is 0. The highest BCUT2D eigenvalue weighted by atomic mass is 35.5. The van der Waals surface area contributed by atoms with Crippen LogP contribution in [0.2, 0.25) is 5.02 Å². The standard InChI is InChI=1S/C19H14ClN3S/c20-15-8-10-16(11-9-15)23-18(21-22-19(23)24)12-14-6-3-5-13-4-1-2-7-17(13)14/h1-11H,12H2,(H,22,24). The van der Waals surface area contributed by atoms with Gasteiger partial charge in [0, 0.05) is 17.1 Å². The van der Waals surface area contributed by atoms with Crippen LogP contribution in [0.15, 0.2) is 66.7 Å². The monoisotopic (exact) mass is 351 g/mol. The Morgan fingerprint density at radius 1 is 0.958 bits per heavy atom. The summed E-state index contributed by atoms with van der Waals surface area (Å²) in [6, 6.07) is 22.3. The molecule has 0 aliphatic carbocycles. The second-order valence-electron chi connectivity index (χ2n) is 5.57. The van der Waals surface area contributed by atoms with Crippen LogP contribution in [0.4, 0.5) is 0 Å². The Morgan fingerprint density at radius 2 is 1.71 bits per heavy atom. The number of aromatic amines is 1. The van der Waals surface area contributed by atoms with E-state index in [2.05, 4.69) is 52.7 Å². The fraction of sp³-hybridized carbons (Fsp3) is 0.0526. The van der Waals surface area contributed by atoms with Crippen LogP contribution in [-0.4, -0.2) is 14.8 Å². The SMILES string of the molecule is S=c1[nH]nc(Cc2cccc3ccccc23)n1-c1ccc(Cl)cc1. The number of hydrogen-bond donors (Lipinski definition) is 1.